The SMILES string of the molecule is CCCCS(=O)(=O)N1CCC(Cn2nc(C)cc2C)CC1. The van der Waals surface area contributed by atoms with Crippen LogP contribution >= 0.6 is 0 Å². The van der Waals surface area contributed by atoms with Crippen LogP contribution in [-0.4, -0.2) is 41.3 Å². The molecule has 0 atom stereocenters. The Kier molecular flexibility index (Phi) is 5.43. The predicted molar refractivity (Wildman–Crippen MR) is 84.7 cm³/mol. The highest BCUT2D eigenvalue weighted by molar-refractivity contribution is 7.89. The van der Waals surface area contributed by atoms with E-state index in [9.17, 15) is 8.42 Å². The fraction of sp³-hybridized carbons (Fsp3) is 0.800. The van der Waals surface area contributed by atoms with Crippen molar-refractivity contribution in [3.05, 3.63) is 17.5 Å². The van der Waals surface area contributed by atoms with Crippen LogP contribution in [0.3, 0.4) is 0 Å². The molecule has 1 aromatic heterocycles. The molecule has 0 saturated carbocycles. The van der Waals surface area contributed by atoms with Gasteiger partial charge in [-0.1, -0.05) is 13.3 Å². The number of nitrogens with zero attached hydrogens (tertiary/aromatic N) is 3. The Balaban J connectivity index is 1.87. The van der Waals surface area contributed by atoms with Crippen LogP contribution in [0.15, 0.2) is 6.07 Å². The molecule has 1 aliphatic heterocycles. The summed E-state index contributed by atoms with van der Waals surface area (Å²) in [6.07, 6.45) is 3.55. The first-order chi connectivity index (χ1) is 9.92. The third-order valence-corrected chi connectivity index (χ3v) is 6.21. The van der Waals surface area contributed by atoms with E-state index in [0.717, 1.165) is 37.9 Å². The van der Waals surface area contributed by atoms with Crippen molar-refractivity contribution in [2.75, 3.05) is 18.8 Å². The summed E-state index contributed by atoms with van der Waals surface area (Å²) in [5, 5.41) is 4.50. The molecule has 2 heterocycles. The molecule has 0 aliphatic carbocycles. The molecule has 0 radical (unpaired) electrons. The second-order valence-electron chi connectivity index (χ2n) is 6.12. The Morgan fingerprint density at radius 2 is 1.95 bits per heavy atom. The topological polar surface area (TPSA) is 55.2 Å². The van der Waals surface area contributed by atoms with Crippen molar-refractivity contribution in [2.45, 2.75) is 53.0 Å². The van der Waals surface area contributed by atoms with Crippen LogP contribution in [0.4, 0.5) is 0 Å². The van der Waals surface area contributed by atoms with E-state index >= 15 is 0 Å². The normalized spacial score (nSPS) is 18.2. The van der Waals surface area contributed by atoms with Gasteiger partial charge in [-0.25, -0.2) is 12.7 Å². The lowest BCUT2D eigenvalue weighted by Gasteiger charge is -2.31. The fourth-order valence-corrected chi connectivity index (χ4v) is 4.61. The quantitative estimate of drug-likeness (QED) is 0.810. The molecule has 0 unspecified atom stereocenters. The number of piperidine rings is 1. The smallest absolute Gasteiger partial charge is 0.214 e. The van der Waals surface area contributed by atoms with Gasteiger partial charge in [0.1, 0.15) is 0 Å². The molecule has 0 spiro atoms. The zero-order valence-electron chi connectivity index (χ0n) is 13.4. The molecule has 1 fully saturated rings. The van der Waals surface area contributed by atoms with Crippen molar-refractivity contribution in [1.29, 1.82) is 0 Å². The van der Waals surface area contributed by atoms with E-state index < -0.39 is 10.0 Å². The van der Waals surface area contributed by atoms with Crippen molar-refractivity contribution in [1.82, 2.24) is 14.1 Å². The number of aromatic nitrogens is 2. The first kappa shape index (κ1) is 16.5. The van der Waals surface area contributed by atoms with Gasteiger partial charge in [0, 0.05) is 25.3 Å². The Morgan fingerprint density at radius 1 is 1.29 bits per heavy atom. The van der Waals surface area contributed by atoms with Gasteiger partial charge >= 0.3 is 0 Å². The second kappa shape index (κ2) is 6.92. The molecule has 0 amide bonds. The second-order valence-corrected chi connectivity index (χ2v) is 8.21. The minimum Gasteiger partial charge on any atom is -0.269 e. The molecule has 5 nitrogen and oxygen atoms in total. The lowest BCUT2D eigenvalue weighted by Crippen LogP contribution is -2.40. The number of aryl methyl sites for hydroxylation is 2. The van der Waals surface area contributed by atoms with Crippen LogP contribution < -0.4 is 0 Å². The molecule has 6 heteroatoms. The highest BCUT2D eigenvalue weighted by Gasteiger charge is 2.27. The average molecular weight is 313 g/mol. The van der Waals surface area contributed by atoms with Crippen molar-refractivity contribution in [3.63, 3.8) is 0 Å². The molecular weight excluding hydrogens is 286 g/mol. The van der Waals surface area contributed by atoms with Gasteiger partial charge in [-0.15, -0.1) is 0 Å². The van der Waals surface area contributed by atoms with Gasteiger partial charge in [-0.05, 0) is 45.1 Å². The maximum Gasteiger partial charge on any atom is 0.214 e. The third-order valence-electron chi connectivity index (χ3n) is 4.26. The average Bonchev–Trinajstić information content (AvgIpc) is 2.75. The van der Waals surface area contributed by atoms with E-state index in [-0.39, 0.29) is 0 Å². The Bertz CT molecular complexity index is 557. The zero-order chi connectivity index (χ0) is 15.5. The van der Waals surface area contributed by atoms with Gasteiger partial charge < -0.3 is 0 Å². The molecule has 1 aromatic rings. The summed E-state index contributed by atoms with van der Waals surface area (Å²) in [6, 6.07) is 2.09. The lowest BCUT2D eigenvalue weighted by atomic mass is 9.98. The number of unbranched alkanes of at least 4 members (excludes halogenated alkanes) is 1. The number of rotatable bonds is 6. The largest absolute Gasteiger partial charge is 0.269 e. The maximum absolute atomic E-state index is 12.2. The summed E-state index contributed by atoms with van der Waals surface area (Å²) in [4.78, 5) is 0. The van der Waals surface area contributed by atoms with Crippen LogP contribution in [0.5, 0.6) is 0 Å². The summed E-state index contributed by atoms with van der Waals surface area (Å²) >= 11 is 0. The predicted octanol–water partition coefficient (Wildman–Crippen LogP) is 2.34. The highest BCUT2D eigenvalue weighted by atomic mass is 32.2. The minimum absolute atomic E-state index is 0.297. The minimum atomic E-state index is -3.03. The van der Waals surface area contributed by atoms with E-state index in [1.54, 1.807) is 4.31 Å². The van der Waals surface area contributed by atoms with Crippen molar-refractivity contribution < 1.29 is 8.42 Å². The summed E-state index contributed by atoms with van der Waals surface area (Å²) in [7, 11) is -3.03. The van der Waals surface area contributed by atoms with Crippen molar-refractivity contribution in [3.8, 4) is 0 Å². The summed E-state index contributed by atoms with van der Waals surface area (Å²) in [5.41, 5.74) is 2.23. The standard InChI is InChI=1S/C15H27N3O2S/c1-4-5-10-21(19,20)17-8-6-15(7-9-17)12-18-14(3)11-13(2)16-18/h11,15H,4-10,12H2,1-3H3. The molecule has 120 valence electrons. The van der Waals surface area contributed by atoms with E-state index in [2.05, 4.69) is 22.8 Å². The van der Waals surface area contributed by atoms with Gasteiger partial charge in [-0.3, -0.25) is 4.68 Å². The van der Waals surface area contributed by atoms with Gasteiger partial charge in [0.05, 0.1) is 11.4 Å². The number of sulfonamides is 1. The molecule has 1 saturated heterocycles. The van der Waals surface area contributed by atoms with E-state index in [4.69, 9.17) is 0 Å². The highest BCUT2D eigenvalue weighted by Crippen LogP contribution is 2.22. The maximum atomic E-state index is 12.2. The van der Waals surface area contributed by atoms with E-state index in [1.165, 1.54) is 5.69 Å². The first-order valence-corrected chi connectivity index (χ1v) is 9.52. The van der Waals surface area contributed by atoms with Gasteiger partial charge in [0.2, 0.25) is 10.0 Å². The molecule has 2 rings (SSSR count). The summed E-state index contributed by atoms with van der Waals surface area (Å²) in [6.45, 7) is 8.33. The summed E-state index contributed by atoms with van der Waals surface area (Å²) in [5.74, 6) is 0.826. The van der Waals surface area contributed by atoms with E-state index in [0.29, 0.717) is 24.8 Å². The molecule has 21 heavy (non-hydrogen) atoms. The fourth-order valence-electron chi connectivity index (χ4n) is 2.93. The van der Waals surface area contributed by atoms with Gasteiger partial charge in [-0.2, -0.15) is 5.10 Å². The van der Waals surface area contributed by atoms with E-state index in [1.807, 2.05) is 13.8 Å². The number of hydrogen-bond acceptors (Lipinski definition) is 3. The van der Waals surface area contributed by atoms with Crippen LogP contribution in [-0.2, 0) is 16.6 Å². The number of hydrogen-bond donors (Lipinski definition) is 0. The van der Waals surface area contributed by atoms with Crippen molar-refractivity contribution in [2.24, 2.45) is 5.92 Å². The first-order valence-electron chi connectivity index (χ1n) is 7.91. The Morgan fingerprint density at radius 3 is 2.48 bits per heavy atom. The molecule has 0 bridgehead atoms. The van der Waals surface area contributed by atoms with Gasteiger partial charge in [0.25, 0.3) is 0 Å². The zero-order valence-corrected chi connectivity index (χ0v) is 14.2. The molecule has 1 aliphatic rings. The van der Waals surface area contributed by atoms with Crippen LogP contribution in [0.2, 0.25) is 0 Å². The molecule has 0 N–H and O–H groups in total. The Hall–Kier alpha value is -0.880. The van der Waals surface area contributed by atoms with Crippen LogP contribution in [0.1, 0.15) is 44.0 Å². The van der Waals surface area contributed by atoms with Gasteiger partial charge in [0.15, 0.2) is 0 Å². The summed E-state index contributed by atoms with van der Waals surface area (Å²) < 4.78 is 28.1. The lowest BCUT2D eigenvalue weighted by molar-refractivity contribution is 0.246. The Labute approximate surface area is 128 Å². The molecule has 0 aromatic carbocycles. The third kappa shape index (κ3) is 4.30. The molecular formula is C15H27N3O2S. The van der Waals surface area contributed by atoms with Crippen LogP contribution in [0.25, 0.3) is 0 Å². The van der Waals surface area contributed by atoms with Crippen LogP contribution in [0, 0.1) is 19.8 Å². The van der Waals surface area contributed by atoms with Crippen molar-refractivity contribution >= 4 is 10.0 Å². The monoisotopic (exact) mass is 313 g/mol.